The van der Waals surface area contributed by atoms with Gasteiger partial charge in [-0.3, -0.25) is 0 Å². The molecule has 0 aliphatic rings. The quantitative estimate of drug-likeness (QED) is 0.0494. The van der Waals surface area contributed by atoms with Crippen LogP contribution >= 0.6 is 15.9 Å². The van der Waals surface area contributed by atoms with Crippen LogP contribution in [-0.4, -0.2) is 5.33 Å². The van der Waals surface area contributed by atoms with Crippen molar-refractivity contribution >= 4 is 15.9 Å². The van der Waals surface area contributed by atoms with Crippen molar-refractivity contribution < 1.29 is 0 Å². The lowest BCUT2D eigenvalue weighted by Gasteiger charge is -2.04. The number of rotatable bonds is 26. The van der Waals surface area contributed by atoms with Crippen molar-refractivity contribution in [3.8, 4) is 0 Å². The van der Waals surface area contributed by atoms with E-state index in [1.165, 1.54) is 127 Å². The molecule has 0 spiro atoms. The summed E-state index contributed by atoms with van der Waals surface area (Å²) >= 11 is 3.50. The number of alkyl halides is 1. The average molecular weight is 656 g/mol. The molecule has 43 heavy (non-hydrogen) atoms. The van der Waals surface area contributed by atoms with Crippen molar-refractivity contribution in [3.05, 3.63) is 81.5 Å². The second-order valence-corrected chi connectivity index (χ2v) is 14.2. The van der Waals surface area contributed by atoms with E-state index < -0.39 is 0 Å². The Kier molecular flexibility index (Phi) is 28.5. The highest BCUT2D eigenvalue weighted by atomic mass is 79.9. The van der Waals surface area contributed by atoms with Crippen LogP contribution in [0.4, 0.5) is 0 Å². The summed E-state index contributed by atoms with van der Waals surface area (Å²) in [4.78, 5) is 0. The van der Waals surface area contributed by atoms with Crippen LogP contribution < -0.4 is 0 Å². The topological polar surface area (TPSA) is 0 Å². The molecule has 0 radical (unpaired) electrons. The molecule has 0 atom stereocenters. The second kappa shape index (κ2) is 29.4. The van der Waals surface area contributed by atoms with Gasteiger partial charge in [-0.25, -0.2) is 0 Å². The van der Waals surface area contributed by atoms with Gasteiger partial charge in [0, 0.05) is 5.33 Å². The third kappa shape index (κ3) is 30.5. The zero-order valence-electron chi connectivity index (χ0n) is 30.1. The van der Waals surface area contributed by atoms with Crippen LogP contribution in [0.15, 0.2) is 81.5 Å². The van der Waals surface area contributed by atoms with Gasteiger partial charge in [0.1, 0.15) is 0 Å². The molecule has 0 saturated heterocycles. The van der Waals surface area contributed by atoms with Gasteiger partial charge in [-0.15, -0.1) is 0 Å². The van der Waals surface area contributed by atoms with Crippen molar-refractivity contribution in [1.29, 1.82) is 0 Å². The Morgan fingerprint density at radius 3 is 0.744 bits per heavy atom. The van der Waals surface area contributed by atoms with Gasteiger partial charge >= 0.3 is 0 Å². The van der Waals surface area contributed by atoms with E-state index in [0.29, 0.717) is 0 Å². The van der Waals surface area contributed by atoms with Crippen LogP contribution in [0.25, 0.3) is 0 Å². The molecule has 0 aromatic heterocycles. The molecule has 0 aromatic rings. The number of hydrogen-bond acceptors (Lipinski definition) is 0. The number of unbranched alkanes of at least 4 members (excludes halogenated alkanes) is 6. The first-order valence-electron chi connectivity index (χ1n) is 17.8. The van der Waals surface area contributed by atoms with Gasteiger partial charge in [-0.05, 0) is 177 Å². The lowest BCUT2D eigenvalue weighted by molar-refractivity contribution is 0.774. The molecule has 0 aliphatic heterocycles. The summed E-state index contributed by atoms with van der Waals surface area (Å²) in [5.41, 5.74) is 10.8. The average Bonchev–Trinajstić information content (AvgIpc) is 2.97. The third-order valence-electron chi connectivity index (χ3n) is 8.27. The molecule has 0 N–H and O–H groups in total. The Labute approximate surface area is 279 Å². The fraction of sp³-hybridized carbons (Fsp3) is 0.667. The van der Waals surface area contributed by atoms with Crippen LogP contribution in [0.2, 0.25) is 0 Å². The first-order chi connectivity index (χ1) is 20.6. The highest BCUT2D eigenvalue weighted by Crippen LogP contribution is 2.17. The molecular formula is C42H71Br. The zero-order valence-corrected chi connectivity index (χ0v) is 31.6. The van der Waals surface area contributed by atoms with Crippen molar-refractivity contribution in [2.75, 3.05) is 5.33 Å². The Hall–Kier alpha value is -1.34. The van der Waals surface area contributed by atoms with Gasteiger partial charge in [0.2, 0.25) is 0 Å². The summed E-state index contributed by atoms with van der Waals surface area (Å²) in [6, 6.07) is 0. The van der Waals surface area contributed by atoms with Gasteiger partial charge in [-0.1, -0.05) is 97.5 Å². The number of allylic oxidation sites excluding steroid dienone is 14. The van der Waals surface area contributed by atoms with Crippen LogP contribution in [0.3, 0.4) is 0 Å². The van der Waals surface area contributed by atoms with E-state index in [2.05, 4.69) is 114 Å². The molecule has 0 unspecified atom stereocenters. The first kappa shape index (κ1) is 41.7. The van der Waals surface area contributed by atoms with E-state index in [1.807, 2.05) is 0 Å². The van der Waals surface area contributed by atoms with E-state index in [-0.39, 0.29) is 0 Å². The lowest BCUT2D eigenvalue weighted by Crippen LogP contribution is -1.84. The summed E-state index contributed by atoms with van der Waals surface area (Å²) in [7, 11) is 0. The maximum Gasteiger partial charge on any atom is 0.00660 e. The summed E-state index contributed by atoms with van der Waals surface area (Å²) in [6.07, 6.45) is 40.8. The predicted molar refractivity (Wildman–Crippen MR) is 203 cm³/mol. The smallest absolute Gasteiger partial charge is 0.00660 e. The fourth-order valence-electron chi connectivity index (χ4n) is 5.33. The van der Waals surface area contributed by atoms with Crippen LogP contribution in [0.5, 0.6) is 0 Å². The molecule has 0 heterocycles. The van der Waals surface area contributed by atoms with Crippen LogP contribution in [0.1, 0.15) is 177 Å². The van der Waals surface area contributed by atoms with Crippen LogP contribution in [-0.2, 0) is 0 Å². The molecule has 0 aliphatic carbocycles. The predicted octanol–water partition coefficient (Wildman–Crippen LogP) is 15.4. The standard InChI is InChI=1S/C42H71Br/c1-36(2)22-9-10-23-37(3)24-11-12-25-38(4)26-13-14-27-39(5)28-15-16-29-40(6)30-17-18-31-41(7)32-19-20-33-42(8)34-21-35-43/h22,24,26,28,30,32,34H,9-21,23,25,27,29,31,33,35H2,1-8H3/b37-24-,38-26-,39-28-,40-30-,41-32-,42-34+. The van der Waals surface area contributed by atoms with Crippen molar-refractivity contribution in [2.24, 2.45) is 0 Å². The van der Waals surface area contributed by atoms with E-state index >= 15 is 0 Å². The molecule has 0 amide bonds. The van der Waals surface area contributed by atoms with Gasteiger partial charge in [0.15, 0.2) is 0 Å². The SMILES string of the molecule is CC(C)=CCCC/C(C)=C\CCC/C(C)=C\CCC/C(C)=C\CCC/C(C)=C\CCC/C(C)=C\CCC/C(C)=C/CCBr. The maximum absolute atomic E-state index is 3.50. The minimum Gasteiger partial charge on any atom is -0.0925 e. The maximum atomic E-state index is 3.50. The van der Waals surface area contributed by atoms with Crippen molar-refractivity contribution in [2.45, 2.75) is 177 Å². The Morgan fingerprint density at radius 1 is 0.326 bits per heavy atom. The minimum absolute atomic E-state index is 1.07. The molecule has 246 valence electrons. The summed E-state index contributed by atoms with van der Waals surface area (Å²) in [5, 5.41) is 1.07. The third-order valence-corrected chi connectivity index (χ3v) is 8.73. The highest BCUT2D eigenvalue weighted by molar-refractivity contribution is 9.09. The molecule has 0 fully saturated rings. The largest absolute Gasteiger partial charge is 0.0925 e. The molecular weight excluding hydrogens is 584 g/mol. The summed E-state index contributed by atoms with van der Waals surface area (Å²) in [6.45, 7) is 18.2. The Morgan fingerprint density at radius 2 is 0.535 bits per heavy atom. The molecule has 0 rings (SSSR count). The molecule has 0 saturated carbocycles. The second-order valence-electron chi connectivity index (χ2n) is 13.4. The zero-order chi connectivity index (χ0) is 32.1. The Bertz CT molecular complexity index is 911. The first-order valence-corrected chi connectivity index (χ1v) is 18.9. The molecule has 1 heteroatoms. The van der Waals surface area contributed by atoms with Crippen molar-refractivity contribution in [3.63, 3.8) is 0 Å². The van der Waals surface area contributed by atoms with Crippen LogP contribution in [0, 0.1) is 0 Å². The molecule has 0 bridgehead atoms. The van der Waals surface area contributed by atoms with E-state index in [4.69, 9.17) is 0 Å². The van der Waals surface area contributed by atoms with Gasteiger partial charge in [0.25, 0.3) is 0 Å². The number of hydrogen-bond donors (Lipinski definition) is 0. The fourth-order valence-corrected chi connectivity index (χ4v) is 5.56. The Balaban J connectivity index is 3.94. The minimum atomic E-state index is 1.07. The normalized spacial score (nSPS) is 14.1. The van der Waals surface area contributed by atoms with E-state index in [1.54, 1.807) is 27.9 Å². The lowest BCUT2D eigenvalue weighted by atomic mass is 10.0. The molecule has 0 nitrogen and oxygen atoms in total. The van der Waals surface area contributed by atoms with E-state index in [0.717, 1.165) is 11.8 Å². The molecule has 0 aromatic carbocycles. The highest BCUT2D eigenvalue weighted by Gasteiger charge is 1.97. The van der Waals surface area contributed by atoms with Crippen molar-refractivity contribution in [1.82, 2.24) is 0 Å². The van der Waals surface area contributed by atoms with Gasteiger partial charge in [0.05, 0.1) is 0 Å². The summed E-state index contributed by atoms with van der Waals surface area (Å²) < 4.78 is 0. The number of halogens is 1. The van der Waals surface area contributed by atoms with Gasteiger partial charge in [-0.2, -0.15) is 0 Å². The monoisotopic (exact) mass is 654 g/mol. The van der Waals surface area contributed by atoms with E-state index in [9.17, 15) is 0 Å². The van der Waals surface area contributed by atoms with Gasteiger partial charge < -0.3 is 0 Å². The summed E-state index contributed by atoms with van der Waals surface area (Å²) in [5.74, 6) is 0.